The van der Waals surface area contributed by atoms with E-state index in [4.69, 9.17) is 0 Å². The van der Waals surface area contributed by atoms with Gasteiger partial charge in [-0.1, -0.05) is 0 Å². The molecule has 1 N–H and O–H groups in total. The normalized spacial score (nSPS) is 26.9. The molecule has 1 aromatic rings. The van der Waals surface area contributed by atoms with Crippen molar-refractivity contribution >= 4 is 27.6 Å². The Labute approximate surface area is 175 Å². The molecule has 2 atom stereocenters. The quantitative estimate of drug-likeness (QED) is 0.657. The maximum Gasteiger partial charge on any atom is 0.254 e. The third-order valence-electron chi connectivity index (χ3n) is 6.27. The van der Waals surface area contributed by atoms with Crippen LogP contribution in [0.5, 0.6) is 0 Å². The molecule has 3 fully saturated rings. The van der Waals surface area contributed by atoms with Gasteiger partial charge in [-0.15, -0.1) is 0 Å². The van der Waals surface area contributed by atoms with Crippen molar-refractivity contribution in [2.24, 2.45) is 13.0 Å². The van der Waals surface area contributed by atoms with Crippen LogP contribution in [0.3, 0.4) is 0 Å². The molecule has 3 aliphatic heterocycles. The van der Waals surface area contributed by atoms with Crippen LogP contribution < -0.4 is 5.32 Å². The van der Waals surface area contributed by atoms with Gasteiger partial charge in [0.25, 0.3) is 5.91 Å². The number of nitrogens with zero attached hydrogens (tertiary/aromatic N) is 4. The Bertz CT molecular complexity index is 950. The highest BCUT2D eigenvalue weighted by Crippen LogP contribution is 2.28. The van der Waals surface area contributed by atoms with Crippen LogP contribution in [0.2, 0.25) is 0 Å². The summed E-state index contributed by atoms with van der Waals surface area (Å²) in [7, 11) is -1.33. The summed E-state index contributed by atoms with van der Waals surface area (Å²) in [5.41, 5.74) is 0.509. The minimum atomic E-state index is -3.08. The summed E-state index contributed by atoms with van der Waals surface area (Å²) in [6.07, 6.45) is 5.09. The molecule has 0 unspecified atom stereocenters. The number of hydrogen-bond acceptors (Lipinski definition) is 6. The van der Waals surface area contributed by atoms with E-state index < -0.39 is 15.8 Å². The Morgan fingerprint density at radius 2 is 1.93 bits per heavy atom. The van der Waals surface area contributed by atoms with Gasteiger partial charge in [-0.3, -0.25) is 19.1 Å². The SMILES string of the molecule is Cn1cc(C(=O)NC2CCN(C(=O)[C@@H]3CC(=O)N([C@H]4CCS(=O)(=O)C4)C3)CC2)cn1. The average molecular weight is 438 g/mol. The summed E-state index contributed by atoms with van der Waals surface area (Å²) in [4.78, 5) is 40.9. The van der Waals surface area contributed by atoms with E-state index >= 15 is 0 Å². The molecule has 0 bridgehead atoms. The van der Waals surface area contributed by atoms with E-state index in [1.165, 1.54) is 6.20 Å². The topological polar surface area (TPSA) is 122 Å². The van der Waals surface area contributed by atoms with Crippen molar-refractivity contribution in [2.45, 2.75) is 37.8 Å². The molecule has 30 heavy (non-hydrogen) atoms. The molecule has 10 nitrogen and oxygen atoms in total. The van der Waals surface area contributed by atoms with Gasteiger partial charge in [0, 0.05) is 51.4 Å². The Morgan fingerprint density at radius 3 is 2.53 bits per heavy atom. The first-order valence-electron chi connectivity index (χ1n) is 10.3. The zero-order valence-corrected chi connectivity index (χ0v) is 17.8. The largest absolute Gasteiger partial charge is 0.349 e. The van der Waals surface area contributed by atoms with E-state index in [1.54, 1.807) is 27.7 Å². The van der Waals surface area contributed by atoms with Gasteiger partial charge in [-0.25, -0.2) is 8.42 Å². The zero-order chi connectivity index (χ0) is 21.5. The van der Waals surface area contributed by atoms with Crippen LogP contribution in [0, 0.1) is 5.92 Å². The Hall–Kier alpha value is -2.43. The van der Waals surface area contributed by atoms with Crippen molar-refractivity contribution in [2.75, 3.05) is 31.1 Å². The predicted octanol–water partition coefficient (Wildman–Crippen LogP) is -0.823. The Balaban J connectivity index is 1.27. The van der Waals surface area contributed by atoms with Crippen LogP contribution in [-0.2, 0) is 26.5 Å². The van der Waals surface area contributed by atoms with Crippen molar-refractivity contribution < 1.29 is 22.8 Å². The monoisotopic (exact) mass is 437 g/mol. The van der Waals surface area contributed by atoms with E-state index in [0.29, 0.717) is 44.5 Å². The molecule has 4 rings (SSSR count). The summed E-state index contributed by atoms with van der Waals surface area (Å²) in [6, 6.07) is -0.305. The number of aromatic nitrogens is 2. The molecule has 164 valence electrons. The van der Waals surface area contributed by atoms with E-state index in [-0.39, 0.29) is 47.7 Å². The number of piperidine rings is 1. The molecule has 4 heterocycles. The van der Waals surface area contributed by atoms with Crippen LogP contribution in [0.25, 0.3) is 0 Å². The fourth-order valence-electron chi connectivity index (χ4n) is 4.58. The average Bonchev–Trinajstić information content (AvgIpc) is 3.40. The second-order valence-electron chi connectivity index (χ2n) is 8.48. The van der Waals surface area contributed by atoms with Crippen molar-refractivity contribution in [1.29, 1.82) is 0 Å². The van der Waals surface area contributed by atoms with Crippen LogP contribution >= 0.6 is 0 Å². The molecular formula is C19H27N5O5S. The highest BCUT2D eigenvalue weighted by Gasteiger charge is 2.43. The van der Waals surface area contributed by atoms with Crippen molar-refractivity contribution in [1.82, 2.24) is 24.9 Å². The molecule has 11 heteroatoms. The van der Waals surface area contributed by atoms with Gasteiger partial charge in [0.1, 0.15) is 0 Å². The first-order chi connectivity index (χ1) is 14.2. The highest BCUT2D eigenvalue weighted by molar-refractivity contribution is 7.91. The molecular weight excluding hydrogens is 410 g/mol. The lowest BCUT2D eigenvalue weighted by molar-refractivity contribution is -0.136. The number of carbonyl (C=O) groups is 3. The smallest absolute Gasteiger partial charge is 0.254 e. The fraction of sp³-hybridized carbons (Fsp3) is 0.684. The van der Waals surface area contributed by atoms with Gasteiger partial charge in [-0.2, -0.15) is 5.10 Å². The molecule has 0 radical (unpaired) electrons. The lowest BCUT2D eigenvalue weighted by Crippen LogP contribution is -2.48. The first kappa shape index (κ1) is 20.8. The van der Waals surface area contributed by atoms with Crippen LogP contribution in [-0.4, -0.2) is 88.9 Å². The van der Waals surface area contributed by atoms with Crippen molar-refractivity contribution in [3.8, 4) is 0 Å². The molecule has 0 spiro atoms. The predicted molar refractivity (Wildman–Crippen MR) is 107 cm³/mol. The Kier molecular flexibility index (Phi) is 5.56. The maximum atomic E-state index is 12.9. The van der Waals surface area contributed by atoms with Gasteiger partial charge >= 0.3 is 0 Å². The summed E-state index contributed by atoms with van der Waals surface area (Å²) in [5.74, 6) is -0.656. The summed E-state index contributed by atoms with van der Waals surface area (Å²) in [6.45, 7) is 1.36. The van der Waals surface area contributed by atoms with E-state index in [9.17, 15) is 22.8 Å². The minimum absolute atomic E-state index is 0.00166. The fourth-order valence-corrected chi connectivity index (χ4v) is 6.31. The molecule has 3 amide bonds. The maximum absolute atomic E-state index is 12.9. The number of nitrogens with one attached hydrogen (secondary N) is 1. The molecule has 3 saturated heterocycles. The third kappa shape index (κ3) is 4.35. The second-order valence-corrected chi connectivity index (χ2v) is 10.7. The van der Waals surface area contributed by atoms with Crippen molar-refractivity contribution in [3.63, 3.8) is 0 Å². The lowest BCUT2D eigenvalue weighted by atomic mass is 10.0. The van der Waals surface area contributed by atoms with Gasteiger partial charge in [-0.05, 0) is 19.3 Å². The van der Waals surface area contributed by atoms with Crippen LogP contribution in [0.4, 0.5) is 0 Å². The molecule has 0 saturated carbocycles. The Morgan fingerprint density at radius 1 is 1.20 bits per heavy atom. The standard InChI is InChI=1S/C19H27N5O5S/c1-22-10-14(9-20-22)18(26)21-15-2-5-23(6-3-15)19(27)13-8-17(25)24(11-13)16-4-7-30(28,29)12-16/h9-10,13,15-16H,2-8,11-12H2,1H3,(H,21,26)/t13-,16+/m1/s1. The lowest BCUT2D eigenvalue weighted by Gasteiger charge is -2.34. The number of amides is 3. The summed E-state index contributed by atoms with van der Waals surface area (Å²) in [5, 5.41) is 6.98. The molecule has 3 aliphatic rings. The van der Waals surface area contributed by atoms with Gasteiger partial charge < -0.3 is 15.1 Å². The third-order valence-corrected chi connectivity index (χ3v) is 8.02. The summed E-state index contributed by atoms with van der Waals surface area (Å²) >= 11 is 0. The number of rotatable bonds is 4. The van der Waals surface area contributed by atoms with E-state index in [1.807, 2.05) is 0 Å². The molecule has 0 aromatic carbocycles. The molecule has 1 aromatic heterocycles. The highest BCUT2D eigenvalue weighted by atomic mass is 32.2. The minimum Gasteiger partial charge on any atom is -0.349 e. The number of hydrogen-bond donors (Lipinski definition) is 1. The first-order valence-corrected chi connectivity index (χ1v) is 12.1. The van der Waals surface area contributed by atoms with Gasteiger partial charge in [0.15, 0.2) is 9.84 Å². The zero-order valence-electron chi connectivity index (χ0n) is 17.0. The van der Waals surface area contributed by atoms with Gasteiger partial charge in [0.05, 0.1) is 29.2 Å². The van der Waals surface area contributed by atoms with Crippen LogP contribution in [0.15, 0.2) is 12.4 Å². The number of sulfone groups is 1. The number of carbonyl (C=O) groups excluding carboxylic acids is 3. The molecule has 0 aliphatic carbocycles. The summed E-state index contributed by atoms with van der Waals surface area (Å²) < 4.78 is 25.0. The van der Waals surface area contributed by atoms with Crippen LogP contribution in [0.1, 0.15) is 36.0 Å². The second kappa shape index (κ2) is 8.01. The number of likely N-dealkylation sites (tertiary alicyclic amines) is 2. The van der Waals surface area contributed by atoms with Gasteiger partial charge in [0.2, 0.25) is 11.8 Å². The van der Waals surface area contributed by atoms with E-state index in [0.717, 1.165) is 0 Å². The van der Waals surface area contributed by atoms with Crippen molar-refractivity contribution in [3.05, 3.63) is 18.0 Å². The van der Waals surface area contributed by atoms with E-state index in [2.05, 4.69) is 10.4 Å². The number of aryl methyl sites for hydroxylation is 1.